The van der Waals surface area contributed by atoms with Gasteiger partial charge in [-0.3, -0.25) is 9.59 Å². The average Bonchev–Trinajstić information content (AvgIpc) is 3.07. The van der Waals surface area contributed by atoms with E-state index in [-0.39, 0.29) is 29.9 Å². The first-order valence-electron chi connectivity index (χ1n) is 7.86. The van der Waals surface area contributed by atoms with E-state index >= 15 is 0 Å². The Morgan fingerprint density at radius 2 is 2.22 bits per heavy atom. The molecule has 1 aromatic rings. The number of benzene rings is 1. The lowest BCUT2D eigenvalue weighted by atomic mass is 10.0. The predicted octanol–water partition coefficient (Wildman–Crippen LogP) is 1.11. The highest BCUT2D eigenvalue weighted by Gasteiger charge is 2.33. The number of hydrogen-bond donors (Lipinski definition) is 1. The van der Waals surface area contributed by atoms with Crippen molar-refractivity contribution in [3.63, 3.8) is 0 Å². The van der Waals surface area contributed by atoms with Crippen molar-refractivity contribution < 1.29 is 19.1 Å². The number of carbonyl (C=O) groups is 2. The van der Waals surface area contributed by atoms with Crippen LogP contribution in [0.15, 0.2) is 18.2 Å². The van der Waals surface area contributed by atoms with Gasteiger partial charge in [0.25, 0.3) is 5.91 Å². The van der Waals surface area contributed by atoms with Gasteiger partial charge in [-0.2, -0.15) is 0 Å². The molecular formula is C17H22N2O4. The summed E-state index contributed by atoms with van der Waals surface area (Å²) in [5, 5.41) is 0. The van der Waals surface area contributed by atoms with Gasteiger partial charge in [-0.15, -0.1) is 0 Å². The Morgan fingerprint density at radius 1 is 1.43 bits per heavy atom. The molecule has 124 valence electrons. The molecule has 2 aliphatic heterocycles. The van der Waals surface area contributed by atoms with Gasteiger partial charge in [0.05, 0.1) is 5.92 Å². The van der Waals surface area contributed by atoms with Gasteiger partial charge in [0, 0.05) is 25.1 Å². The van der Waals surface area contributed by atoms with Crippen molar-refractivity contribution in [2.45, 2.75) is 32.3 Å². The van der Waals surface area contributed by atoms with Crippen LogP contribution in [-0.4, -0.2) is 42.0 Å². The van der Waals surface area contributed by atoms with Crippen LogP contribution in [0.1, 0.15) is 25.8 Å². The molecule has 0 aromatic heterocycles. The fourth-order valence-corrected chi connectivity index (χ4v) is 3.15. The minimum Gasteiger partial charge on any atom is -0.483 e. The highest BCUT2D eigenvalue weighted by Crippen LogP contribution is 2.41. The number of nitrogens with zero attached hydrogens (tertiary/aromatic N) is 1. The molecule has 2 heterocycles. The van der Waals surface area contributed by atoms with E-state index in [4.69, 9.17) is 15.2 Å². The molecule has 3 rings (SSSR count). The maximum atomic E-state index is 12.2. The van der Waals surface area contributed by atoms with E-state index in [2.05, 4.69) is 0 Å². The molecule has 0 saturated carbocycles. The van der Waals surface area contributed by atoms with Gasteiger partial charge < -0.3 is 20.1 Å². The van der Waals surface area contributed by atoms with Gasteiger partial charge in [-0.25, -0.2) is 0 Å². The third-order valence-corrected chi connectivity index (χ3v) is 4.35. The first-order valence-corrected chi connectivity index (χ1v) is 7.86. The molecule has 0 unspecified atom stereocenters. The van der Waals surface area contributed by atoms with E-state index in [9.17, 15) is 9.59 Å². The van der Waals surface area contributed by atoms with Crippen molar-refractivity contribution >= 4 is 11.8 Å². The number of likely N-dealkylation sites (tertiary alicyclic amines) is 1. The number of carbonyl (C=O) groups excluding carboxylic acids is 2. The molecule has 0 spiro atoms. The molecule has 1 aromatic carbocycles. The zero-order valence-electron chi connectivity index (χ0n) is 13.5. The standard InChI is InChI=1S/C17H22N2O4/c1-17(2)8-11-4-3-5-13(15(11)23-17)22-10-14(20)19-7-6-12(9-19)16(18)21/h3-5,12H,6-10H2,1-2H3,(H2,18,21)/t12-/m1/s1. The highest BCUT2D eigenvalue weighted by atomic mass is 16.5. The molecule has 1 fully saturated rings. The van der Waals surface area contributed by atoms with E-state index in [1.807, 2.05) is 32.0 Å². The van der Waals surface area contributed by atoms with Crippen LogP contribution in [0, 0.1) is 5.92 Å². The largest absolute Gasteiger partial charge is 0.483 e. The van der Waals surface area contributed by atoms with Crippen LogP contribution in [0.2, 0.25) is 0 Å². The zero-order valence-corrected chi connectivity index (χ0v) is 13.5. The number of fused-ring (bicyclic) bond motifs is 1. The van der Waals surface area contributed by atoms with E-state index in [1.54, 1.807) is 4.90 Å². The Hall–Kier alpha value is -2.24. The Kier molecular flexibility index (Phi) is 3.92. The van der Waals surface area contributed by atoms with Gasteiger partial charge in [0.1, 0.15) is 5.60 Å². The average molecular weight is 318 g/mol. The van der Waals surface area contributed by atoms with Crippen molar-refractivity contribution in [3.8, 4) is 11.5 Å². The third-order valence-electron chi connectivity index (χ3n) is 4.35. The van der Waals surface area contributed by atoms with E-state index < -0.39 is 0 Å². The van der Waals surface area contributed by atoms with Crippen molar-refractivity contribution in [2.24, 2.45) is 11.7 Å². The Morgan fingerprint density at radius 3 is 2.91 bits per heavy atom. The van der Waals surface area contributed by atoms with Crippen LogP contribution in [-0.2, 0) is 16.0 Å². The molecule has 0 radical (unpaired) electrons. The van der Waals surface area contributed by atoms with E-state index in [0.29, 0.717) is 25.3 Å². The van der Waals surface area contributed by atoms with E-state index in [1.165, 1.54) is 0 Å². The molecule has 1 saturated heterocycles. The maximum absolute atomic E-state index is 12.2. The molecule has 6 heteroatoms. The lowest BCUT2D eigenvalue weighted by Gasteiger charge is -2.19. The summed E-state index contributed by atoms with van der Waals surface area (Å²) in [6.07, 6.45) is 1.44. The van der Waals surface area contributed by atoms with Gasteiger partial charge in [0.15, 0.2) is 18.1 Å². The smallest absolute Gasteiger partial charge is 0.260 e. The lowest BCUT2D eigenvalue weighted by molar-refractivity contribution is -0.132. The summed E-state index contributed by atoms with van der Waals surface area (Å²) >= 11 is 0. The van der Waals surface area contributed by atoms with Crippen LogP contribution >= 0.6 is 0 Å². The number of amides is 2. The summed E-state index contributed by atoms with van der Waals surface area (Å²) in [6.45, 7) is 4.91. The van der Waals surface area contributed by atoms with Gasteiger partial charge in [0.2, 0.25) is 5.91 Å². The topological polar surface area (TPSA) is 81.9 Å². The monoisotopic (exact) mass is 318 g/mol. The summed E-state index contributed by atoms with van der Waals surface area (Å²) in [7, 11) is 0. The SMILES string of the molecule is CC1(C)Cc2cccc(OCC(=O)N3CC[C@@H](C(N)=O)C3)c2O1. The number of nitrogens with two attached hydrogens (primary N) is 1. The van der Waals surface area contributed by atoms with Crippen LogP contribution in [0.25, 0.3) is 0 Å². The maximum Gasteiger partial charge on any atom is 0.260 e. The summed E-state index contributed by atoms with van der Waals surface area (Å²) in [6, 6.07) is 5.72. The molecular weight excluding hydrogens is 296 g/mol. The summed E-state index contributed by atoms with van der Waals surface area (Å²) in [5.41, 5.74) is 6.13. The predicted molar refractivity (Wildman–Crippen MR) is 84.2 cm³/mol. The van der Waals surface area contributed by atoms with Gasteiger partial charge in [-0.05, 0) is 26.3 Å². The molecule has 2 aliphatic rings. The first kappa shape index (κ1) is 15.6. The second kappa shape index (κ2) is 5.76. The van der Waals surface area contributed by atoms with Crippen LogP contribution < -0.4 is 15.2 Å². The van der Waals surface area contributed by atoms with Crippen LogP contribution in [0.3, 0.4) is 0 Å². The minimum atomic E-state index is -0.349. The molecule has 0 aliphatic carbocycles. The Labute approximate surface area is 135 Å². The van der Waals surface area contributed by atoms with E-state index in [0.717, 1.165) is 17.7 Å². The molecule has 23 heavy (non-hydrogen) atoms. The number of para-hydroxylation sites is 1. The summed E-state index contributed by atoms with van der Waals surface area (Å²) < 4.78 is 11.6. The number of ether oxygens (including phenoxy) is 2. The molecule has 0 bridgehead atoms. The lowest BCUT2D eigenvalue weighted by Crippen LogP contribution is -2.34. The molecule has 2 amide bonds. The van der Waals surface area contributed by atoms with Crippen molar-refractivity contribution in [1.29, 1.82) is 0 Å². The fourth-order valence-electron chi connectivity index (χ4n) is 3.15. The molecule has 6 nitrogen and oxygen atoms in total. The first-order chi connectivity index (χ1) is 10.9. The number of hydrogen-bond acceptors (Lipinski definition) is 4. The quantitative estimate of drug-likeness (QED) is 0.902. The van der Waals surface area contributed by atoms with Crippen LogP contribution in [0.5, 0.6) is 11.5 Å². The zero-order chi connectivity index (χ0) is 16.6. The van der Waals surface area contributed by atoms with Gasteiger partial charge >= 0.3 is 0 Å². The normalized spacial score (nSPS) is 21.7. The summed E-state index contributed by atoms with van der Waals surface area (Å²) in [5.74, 6) is 0.583. The van der Waals surface area contributed by atoms with Crippen molar-refractivity contribution in [3.05, 3.63) is 23.8 Å². The number of rotatable bonds is 4. The van der Waals surface area contributed by atoms with Crippen LogP contribution in [0.4, 0.5) is 0 Å². The molecule has 1 atom stereocenters. The second-order valence-corrected chi connectivity index (χ2v) is 6.80. The third kappa shape index (κ3) is 3.25. The summed E-state index contributed by atoms with van der Waals surface area (Å²) in [4.78, 5) is 25.0. The number of primary amides is 1. The molecule has 2 N–H and O–H groups in total. The van der Waals surface area contributed by atoms with Gasteiger partial charge in [-0.1, -0.05) is 12.1 Å². The Bertz CT molecular complexity index is 641. The highest BCUT2D eigenvalue weighted by molar-refractivity contribution is 5.81. The second-order valence-electron chi connectivity index (χ2n) is 6.80. The van der Waals surface area contributed by atoms with Crippen molar-refractivity contribution in [2.75, 3.05) is 19.7 Å². The fraction of sp³-hybridized carbons (Fsp3) is 0.529. The minimum absolute atomic E-state index is 0.0638. The van der Waals surface area contributed by atoms with Crippen molar-refractivity contribution in [1.82, 2.24) is 4.90 Å². The Balaban J connectivity index is 1.61.